The van der Waals surface area contributed by atoms with Crippen LogP contribution in [0, 0.1) is 0 Å². The number of hydrogen-bond donors (Lipinski definition) is 1. The van der Waals surface area contributed by atoms with Crippen molar-refractivity contribution in [2.45, 2.75) is 52.6 Å². The molecule has 2 rings (SSSR count). The molecule has 0 aliphatic heterocycles. The van der Waals surface area contributed by atoms with E-state index in [0.29, 0.717) is 6.01 Å². The highest BCUT2D eigenvalue weighted by Crippen LogP contribution is 2.23. The van der Waals surface area contributed by atoms with E-state index in [-0.39, 0.29) is 6.04 Å². The predicted octanol–water partition coefficient (Wildman–Crippen LogP) is 3.45. The average Bonchev–Trinajstić information content (AvgIpc) is 2.89. The quantitative estimate of drug-likeness (QED) is 0.847. The topological polar surface area (TPSA) is 66.0 Å². The molecule has 0 aliphatic carbocycles. The summed E-state index contributed by atoms with van der Waals surface area (Å²) in [5.41, 5.74) is 7.22. The van der Waals surface area contributed by atoms with Gasteiger partial charge in [-0.2, -0.15) is 0 Å². The van der Waals surface area contributed by atoms with Crippen LogP contribution in [-0.2, 0) is 13.0 Å². The second kappa shape index (κ2) is 7.22. The summed E-state index contributed by atoms with van der Waals surface area (Å²) in [4.78, 5) is 0. The first kappa shape index (κ1) is 15.5. The van der Waals surface area contributed by atoms with Gasteiger partial charge in [-0.15, -0.1) is 5.10 Å². The fraction of sp³-hybridized carbons (Fsp3) is 0.500. The molecule has 1 atom stereocenters. The van der Waals surface area contributed by atoms with Crippen LogP contribution in [0.1, 0.15) is 51.0 Å². The maximum absolute atomic E-state index is 5.88. The van der Waals surface area contributed by atoms with E-state index in [1.165, 1.54) is 18.4 Å². The summed E-state index contributed by atoms with van der Waals surface area (Å²) in [5.74, 6) is 1.51. The number of nitrogens with zero attached hydrogens (tertiary/aromatic N) is 3. The van der Waals surface area contributed by atoms with E-state index in [1.807, 2.05) is 30.5 Å². The molecule has 0 unspecified atom stereocenters. The number of ether oxygens (including phenoxy) is 1. The normalized spacial score (nSPS) is 12.4. The first-order valence-electron chi connectivity index (χ1n) is 7.61. The summed E-state index contributed by atoms with van der Waals surface area (Å²) < 4.78 is 7.72. The van der Waals surface area contributed by atoms with Gasteiger partial charge in [0.1, 0.15) is 5.75 Å². The molecule has 1 aromatic carbocycles. The molecule has 21 heavy (non-hydrogen) atoms. The van der Waals surface area contributed by atoms with Gasteiger partial charge in [0, 0.05) is 6.54 Å². The van der Waals surface area contributed by atoms with E-state index in [2.05, 4.69) is 29.3 Å². The molecule has 2 N–H and O–H groups in total. The lowest BCUT2D eigenvalue weighted by atomic mass is 10.1. The Labute approximate surface area is 126 Å². The van der Waals surface area contributed by atoms with E-state index in [1.54, 1.807) is 0 Å². The van der Waals surface area contributed by atoms with Gasteiger partial charge < -0.3 is 10.5 Å². The van der Waals surface area contributed by atoms with E-state index in [9.17, 15) is 0 Å². The van der Waals surface area contributed by atoms with Crippen LogP contribution in [-0.4, -0.2) is 14.8 Å². The number of rotatable bonds is 7. The van der Waals surface area contributed by atoms with Gasteiger partial charge in [0.2, 0.25) is 0 Å². The molecular formula is C16H24N4O. The van der Waals surface area contributed by atoms with Gasteiger partial charge in [-0.3, -0.25) is 4.57 Å². The highest BCUT2D eigenvalue weighted by Gasteiger charge is 2.15. The molecule has 0 spiro atoms. The van der Waals surface area contributed by atoms with Gasteiger partial charge >= 0.3 is 6.01 Å². The molecule has 0 bridgehead atoms. The number of aryl methyl sites for hydroxylation is 1. The van der Waals surface area contributed by atoms with Gasteiger partial charge in [0.25, 0.3) is 0 Å². The Morgan fingerprint density at radius 3 is 2.48 bits per heavy atom. The van der Waals surface area contributed by atoms with Crippen LogP contribution in [0.2, 0.25) is 0 Å². The summed E-state index contributed by atoms with van der Waals surface area (Å²) >= 11 is 0. The number of nitrogens with two attached hydrogens (primary N) is 1. The zero-order chi connectivity index (χ0) is 15.2. The molecule has 0 radical (unpaired) electrons. The lowest BCUT2D eigenvalue weighted by Crippen LogP contribution is -2.13. The van der Waals surface area contributed by atoms with E-state index in [0.717, 1.165) is 24.5 Å². The van der Waals surface area contributed by atoms with E-state index in [4.69, 9.17) is 10.5 Å². The average molecular weight is 288 g/mol. The molecule has 5 nitrogen and oxygen atoms in total. The SMILES string of the molecule is CCCCc1ccc(Oc2nnc([C@@H](C)N)n2CC)cc1. The lowest BCUT2D eigenvalue weighted by molar-refractivity contribution is 0.409. The highest BCUT2D eigenvalue weighted by molar-refractivity contribution is 5.29. The Morgan fingerprint density at radius 1 is 1.19 bits per heavy atom. The molecule has 0 saturated heterocycles. The number of hydrogen-bond acceptors (Lipinski definition) is 4. The zero-order valence-electron chi connectivity index (χ0n) is 13.0. The van der Waals surface area contributed by atoms with Crippen LogP contribution in [0.3, 0.4) is 0 Å². The smallest absolute Gasteiger partial charge is 0.322 e. The molecular weight excluding hydrogens is 264 g/mol. The second-order valence-electron chi connectivity index (χ2n) is 5.22. The third kappa shape index (κ3) is 3.82. The van der Waals surface area contributed by atoms with Crippen molar-refractivity contribution in [3.05, 3.63) is 35.7 Å². The maximum atomic E-state index is 5.88. The predicted molar refractivity (Wildman–Crippen MR) is 83.4 cm³/mol. The minimum atomic E-state index is -0.161. The summed E-state index contributed by atoms with van der Waals surface area (Å²) in [6, 6.07) is 8.49. The summed E-state index contributed by atoms with van der Waals surface area (Å²) in [7, 11) is 0. The largest absolute Gasteiger partial charge is 0.424 e. The van der Waals surface area contributed by atoms with Gasteiger partial charge in [0.15, 0.2) is 5.82 Å². The molecule has 5 heteroatoms. The maximum Gasteiger partial charge on any atom is 0.322 e. The molecule has 0 fully saturated rings. The Kier molecular flexibility index (Phi) is 5.33. The monoisotopic (exact) mass is 288 g/mol. The molecule has 114 valence electrons. The summed E-state index contributed by atoms with van der Waals surface area (Å²) in [6.45, 7) is 6.84. The number of aromatic nitrogens is 3. The summed E-state index contributed by atoms with van der Waals surface area (Å²) in [5, 5.41) is 8.19. The Hall–Kier alpha value is -1.88. The third-order valence-corrected chi connectivity index (χ3v) is 3.42. The number of benzene rings is 1. The van der Waals surface area contributed by atoms with E-state index >= 15 is 0 Å². The minimum absolute atomic E-state index is 0.161. The Morgan fingerprint density at radius 2 is 1.90 bits per heavy atom. The minimum Gasteiger partial charge on any atom is -0.424 e. The van der Waals surface area contributed by atoms with Crippen LogP contribution in [0.25, 0.3) is 0 Å². The summed E-state index contributed by atoms with van der Waals surface area (Å²) in [6.07, 6.45) is 3.52. The zero-order valence-corrected chi connectivity index (χ0v) is 13.0. The fourth-order valence-electron chi connectivity index (χ4n) is 2.22. The Balaban J connectivity index is 2.11. The molecule has 1 aromatic heterocycles. The first-order valence-corrected chi connectivity index (χ1v) is 7.61. The van der Waals surface area contributed by atoms with E-state index < -0.39 is 0 Å². The first-order chi connectivity index (χ1) is 10.2. The standard InChI is InChI=1S/C16H24N4O/c1-4-6-7-13-8-10-14(11-9-13)21-16-19-18-15(12(3)17)20(16)5-2/h8-12H,4-7,17H2,1-3H3/t12-/m1/s1. The second-order valence-corrected chi connectivity index (χ2v) is 5.22. The third-order valence-electron chi connectivity index (χ3n) is 3.42. The van der Waals surface area contributed by atoms with Crippen molar-refractivity contribution in [3.8, 4) is 11.8 Å². The Bertz CT molecular complexity index is 560. The van der Waals surface area contributed by atoms with Crippen molar-refractivity contribution in [2.75, 3.05) is 0 Å². The van der Waals surface area contributed by atoms with Crippen molar-refractivity contribution in [2.24, 2.45) is 5.73 Å². The molecule has 0 saturated carbocycles. The van der Waals surface area contributed by atoms with Crippen molar-refractivity contribution < 1.29 is 4.74 Å². The van der Waals surface area contributed by atoms with Gasteiger partial charge in [0.05, 0.1) is 6.04 Å². The van der Waals surface area contributed by atoms with Gasteiger partial charge in [-0.1, -0.05) is 30.6 Å². The van der Waals surface area contributed by atoms with Crippen molar-refractivity contribution in [1.29, 1.82) is 0 Å². The van der Waals surface area contributed by atoms with Gasteiger partial charge in [-0.25, -0.2) is 0 Å². The van der Waals surface area contributed by atoms with Crippen LogP contribution in [0.5, 0.6) is 11.8 Å². The number of unbranched alkanes of at least 4 members (excludes halogenated alkanes) is 1. The molecule has 0 aliphatic rings. The lowest BCUT2D eigenvalue weighted by Gasteiger charge is -2.10. The molecule has 0 amide bonds. The molecule has 1 heterocycles. The van der Waals surface area contributed by atoms with Crippen LogP contribution in [0.15, 0.2) is 24.3 Å². The fourth-order valence-corrected chi connectivity index (χ4v) is 2.22. The highest BCUT2D eigenvalue weighted by atomic mass is 16.5. The van der Waals surface area contributed by atoms with Crippen molar-refractivity contribution >= 4 is 0 Å². The van der Waals surface area contributed by atoms with Crippen molar-refractivity contribution in [3.63, 3.8) is 0 Å². The molecule has 2 aromatic rings. The van der Waals surface area contributed by atoms with Crippen LogP contribution in [0.4, 0.5) is 0 Å². The van der Waals surface area contributed by atoms with Gasteiger partial charge in [-0.05, 0) is 44.4 Å². The van der Waals surface area contributed by atoms with Crippen LogP contribution >= 0.6 is 0 Å². The van der Waals surface area contributed by atoms with Crippen LogP contribution < -0.4 is 10.5 Å². The van der Waals surface area contributed by atoms with Crippen molar-refractivity contribution in [1.82, 2.24) is 14.8 Å².